The van der Waals surface area contributed by atoms with E-state index in [0.717, 1.165) is 37.6 Å². The molecule has 1 fully saturated rings. The zero-order chi connectivity index (χ0) is 21.2. The first-order chi connectivity index (χ1) is 15.2. The highest BCUT2D eigenvalue weighted by molar-refractivity contribution is 5.85. The predicted molar refractivity (Wildman–Crippen MR) is 120 cm³/mol. The van der Waals surface area contributed by atoms with Crippen LogP contribution in [0.3, 0.4) is 0 Å². The molecule has 5 rings (SSSR count). The second-order valence-corrected chi connectivity index (χ2v) is 7.54. The molecule has 1 aliphatic heterocycles. The topological polar surface area (TPSA) is 70.1 Å². The molecule has 8 heteroatoms. The van der Waals surface area contributed by atoms with Gasteiger partial charge < -0.3 is 15.1 Å². The summed E-state index contributed by atoms with van der Waals surface area (Å²) in [5, 5.41) is 3.37. The van der Waals surface area contributed by atoms with Crippen LogP contribution >= 0.6 is 0 Å². The first-order valence-electron chi connectivity index (χ1n) is 10.2. The van der Waals surface area contributed by atoms with Gasteiger partial charge in [0.1, 0.15) is 5.82 Å². The highest BCUT2D eigenvalue weighted by Crippen LogP contribution is 2.25. The van der Waals surface area contributed by atoms with Crippen molar-refractivity contribution in [2.75, 3.05) is 41.3 Å². The summed E-state index contributed by atoms with van der Waals surface area (Å²) in [5.74, 6) is 1.04. The standard InChI is InChI=1S/C23H22FN7/c1-16-2-6-18(7-3-16)27-22-20-21(26-11-10-25-20)28-23(29-22)31-14-12-30(13-15-31)19-8-4-17(24)5-9-19/h2-11H,12-15H2,1H3,(H,26,27,28,29). The summed E-state index contributed by atoms with van der Waals surface area (Å²) in [6.07, 6.45) is 3.29. The number of rotatable bonds is 4. The van der Waals surface area contributed by atoms with Gasteiger partial charge in [-0.25, -0.2) is 14.4 Å². The maximum absolute atomic E-state index is 13.2. The van der Waals surface area contributed by atoms with E-state index in [1.165, 1.54) is 17.7 Å². The Kier molecular flexibility index (Phi) is 5.03. The zero-order valence-corrected chi connectivity index (χ0v) is 17.2. The molecule has 1 aliphatic rings. The van der Waals surface area contributed by atoms with Crippen molar-refractivity contribution in [1.29, 1.82) is 0 Å². The van der Waals surface area contributed by atoms with Crippen LogP contribution in [0.25, 0.3) is 11.2 Å². The molecule has 2 aromatic carbocycles. The van der Waals surface area contributed by atoms with Gasteiger partial charge in [0, 0.05) is 49.9 Å². The van der Waals surface area contributed by atoms with Gasteiger partial charge >= 0.3 is 0 Å². The summed E-state index contributed by atoms with van der Waals surface area (Å²) in [6.45, 7) is 5.17. The smallest absolute Gasteiger partial charge is 0.229 e. The van der Waals surface area contributed by atoms with Crippen molar-refractivity contribution in [3.63, 3.8) is 0 Å². The van der Waals surface area contributed by atoms with Gasteiger partial charge in [-0.3, -0.25) is 0 Å². The molecular formula is C23H22FN7. The summed E-state index contributed by atoms with van der Waals surface area (Å²) in [6, 6.07) is 14.8. The average molecular weight is 415 g/mol. The van der Waals surface area contributed by atoms with E-state index in [2.05, 4.69) is 37.0 Å². The van der Waals surface area contributed by atoms with E-state index in [-0.39, 0.29) is 5.82 Å². The van der Waals surface area contributed by atoms with Crippen LogP contribution in [0.1, 0.15) is 5.56 Å². The molecule has 0 radical (unpaired) electrons. The number of halogens is 1. The van der Waals surface area contributed by atoms with Gasteiger partial charge in [-0.1, -0.05) is 17.7 Å². The molecular weight excluding hydrogens is 393 g/mol. The van der Waals surface area contributed by atoms with Crippen LogP contribution in [-0.2, 0) is 0 Å². The molecule has 4 aromatic rings. The Morgan fingerprint density at radius 2 is 1.48 bits per heavy atom. The maximum atomic E-state index is 13.2. The molecule has 3 heterocycles. The molecule has 1 N–H and O–H groups in total. The van der Waals surface area contributed by atoms with Crippen molar-refractivity contribution in [2.45, 2.75) is 6.92 Å². The Labute approximate surface area is 179 Å². The van der Waals surface area contributed by atoms with E-state index in [9.17, 15) is 4.39 Å². The molecule has 0 aliphatic carbocycles. The molecule has 0 spiro atoms. The molecule has 0 amide bonds. The van der Waals surface area contributed by atoms with Crippen LogP contribution < -0.4 is 15.1 Å². The molecule has 0 atom stereocenters. The second-order valence-electron chi connectivity index (χ2n) is 7.54. The first kappa shape index (κ1) is 19.2. The highest BCUT2D eigenvalue weighted by Gasteiger charge is 2.21. The number of benzene rings is 2. The number of piperazine rings is 1. The lowest BCUT2D eigenvalue weighted by molar-refractivity contribution is 0.623. The lowest BCUT2D eigenvalue weighted by atomic mass is 10.2. The van der Waals surface area contributed by atoms with Gasteiger partial charge in [-0.2, -0.15) is 9.97 Å². The number of hydrogen-bond acceptors (Lipinski definition) is 7. The summed E-state index contributed by atoms with van der Waals surface area (Å²) in [4.78, 5) is 22.7. The minimum absolute atomic E-state index is 0.221. The van der Waals surface area contributed by atoms with Gasteiger partial charge in [-0.05, 0) is 43.3 Å². The van der Waals surface area contributed by atoms with E-state index in [1.54, 1.807) is 12.4 Å². The molecule has 7 nitrogen and oxygen atoms in total. The third-order valence-electron chi connectivity index (χ3n) is 5.39. The van der Waals surface area contributed by atoms with E-state index in [1.807, 2.05) is 36.4 Å². The monoisotopic (exact) mass is 415 g/mol. The van der Waals surface area contributed by atoms with Crippen molar-refractivity contribution >= 4 is 34.3 Å². The molecule has 0 unspecified atom stereocenters. The maximum Gasteiger partial charge on any atom is 0.229 e. The Hall–Kier alpha value is -3.81. The van der Waals surface area contributed by atoms with Crippen molar-refractivity contribution in [1.82, 2.24) is 19.9 Å². The summed E-state index contributed by atoms with van der Waals surface area (Å²) >= 11 is 0. The Balaban J connectivity index is 1.40. The molecule has 0 bridgehead atoms. The number of nitrogens with zero attached hydrogens (tertiary/aromatic N) is 6. The molecule has 156 valence electrons. The third kappa shape index (κ3) is 4.09. The van der Waals surface area contributed by atoms with Crippen LogP contribution in [-0.4, -0.2) is 46.1 Å². The van der Waals surface area contributed by atoms with Crippen LogP contribution in [0.15, 0.2) is 60.9 Å². The number of aryl methyl sites for hydroxylation is 1. The number of aromatic nitrogens is 4. The Morgan fingerprint density at radius 1 is 0.806 bits per heavy atom. The van der Waals surface area contributed by atoms with Gasteiger partial charge in [0.15, 0.2) is 17.0 Å². The summed E-state index contributed by atoms with van der Waals surface area (Å²) in [7, 11) is 0. The highest BCUT2D eigenvalue weighted by atomic mass is 19.1. The average Bonchev–Trinajstić information content (AvgIpc) is 2.81. The van der Waals surface area contributed by atoms with Crippen LogP contribution in [0.4, 0.5) is 27.5 Å². The van der Waals surface area contributed by atoms with Crippen molar-refractivity contribution in [3.05, 3.63) is 72.3 Å². The van der Waals surface area contributed by atoms with E-state index >= 15 is 0 Å². The number of fused-ring (bicyclic) bond motifs is 1. The fourth-order valence-corrected chi connectivity index (χ4v) is 3.67. The normalized spacial score (nSPS) is 14.1. The van der Waals surface area contributed by atoms with E-state index in [4.69, 9.17) is 4.98 Å². The van der Waals surface area contributed by atoms with Crippen molar-refractivity contribution in [2.24, 2.45) is 0 Å². The molecule has 2 aromatic heterocycles. The lowest BCUT2D eigenvalue weighted by Gasteiger charge is -2.36. The largest absolute Gasteiger partial charge is 0.368 e. The molecule has 0 saturated carbocycles. The number of anilines is 4. The Morgan fingerprint density at radius 3 is 2.23 bits per heavy atom. The summed E-state index contributed by atoms with van der Waals surface area (Å²) in [5.41, 5.74) is 4.34. The van der Waals surface area contributed by atoms with Crippen molar-refractivity contribution < 1.29 is 4.39 Å². The predicted octanol–water partition coefficient (Wildman–Crippen LogP) is 3.94. The van der Waals surface area contributed by atoms with E-state index in [0.29, 0.717) is 22.9 Å². The fourth-order valence-electron chi connectivity index (χ4n) is 3.67. The van der Waals surface area contributed by atoms with Crippen molar-refractivity contribution in [3.8, 4) is 0 Å². The minimum Gasteiger partial charge on any atom is -0.368 e. The van der Waals surface area contributed by atoms with Gasteiger partial charge in [0.25, 0.3) is 0 Å². The third-order valence-corrected chi connectivity index (χ3v) is 5.39. The van der Waals surface area contributed by atoms with Crippen LogP contribution in [0, 0.1) is 12.7 Å². The van der Waals surface area contributed by atoms with Gasteiger partial charge in [0.2, 0.25) is 5.95 Å². The lowest BCUT2D eigenvalue weighted by Crippen LogP contribution is -2.47. The second kappa shape index (κ2) is 8.14. The zero-order valence-electron chi connectivity index (χ0n) is 17.2. The fraction of sp³-hybridized carbons (Fsp3) is 0.217. The first-order valence-corrected chi connectivity index (χ1v) is 10.2. The van der Waals surface area contributed by atoms with Crippen LogP contribution in [0.5, 0.6) is 0 Å². The quantitative estimate of drug-likeness (QED) is 0.541. The number of hydrogen-bond donors (Lipinski definition) is 1. The summed E-state index contributed by atoms with van der Waals surface area (Å²) < 4.78 is 13.2. The SMILES string of the molecule is Cc1ccc(Nc2nc(N3CCN(c4ccc(F)cc4)CC3)nc3nccnc23)cc1. The molecule has 31 heavy (non-hydrogen) atoms. The molecule has 1 saturated heterocycles. The Bertz CT molecular complexity index is 1190. The van der Waals surface area contributed by atoms with Gasteiger partial charge in [-0.15, -0.1) is 0 Å². The van der Waals surface area contributed by atoms with Gasteiger partial charge in [0.05, 0.1) is 0 Å². The van der Waals surface area contributed by atoms with E-state index < -0.39 is 0 Å². The number of nitrogens with one attached hydrogen (secondary N) is 1. The minimum atomic E-state index is -0.221. The van der Waals surface area contributed by atoms with Crippen LogP contribution in [0.2, 0.25) is 0 Å².